The zero-order chi connectivity index (χ0) is 14.9. The molecule has 104 valence electrons. The molecule has 6 heteroatoms. The zero-order valence-corrected chi connectivity index (χ0v) is 11.3. The first kappa shape index (κ1) is 13.7. The van der Waals surface area contributed by atoms with Gasteiger partial charge >= 0.3 is 0 Å². The Morgan fingerprint density at radius 1 is 1.15 bits per heavy atom. The van der Waals surface area contributed by atoms with Gasteiger partial charge in [0.1, 0.15) is 5.75 Å². The maximum atomic E-state index is 11.2. The molecule has 0 radical (unpaired) electrons. The van der Waals surface area contributed by atoms with Gasteiger partial charge in [0.15, 0.2) is 5.82 Å². The number of ether oxygens (including phenoxy) is 1. The molecule has 6 N–H and O–H groups in total. The molecule has 2 aromatic rings. The first-order valence-electron chi connectivity index (χ1n) is 5.99. The number of hydrogen-bond acceptors (Lipinski definition) is 5. The molecule has 0 bridgehead atoms. The van der Waals surface area contributed by atoms with Crippen molar-refractivity contribution in [1.29, 1.82) is 0 Å². The first-order valence-corrected chi connectivity index (χ1v) is 5.99. The van der Waals surface area contributed by atoms with Crippen molar-refractivity contribution >= 4 is 17.4 Å². The Labute approximate surface area is 116 Å². The van der Waals surface area contributed by atoms with Gasteiger partial charge in [0.05, 0.1) is 5.69 Å². The van der Waals surface area contributed by atoms with Crippen molar-refractivity contribution in [2.24, 2.45) is 5.73 Å². The van der Waals surface area contributed by atoms with Crippen molar-refractivity contribution in [2.45, 2.75) is 13.8 Å². The van der Waals surface area contributed by atoms with Crippen LogP contribution < -0.4 is 21.9 Å². The number of benzene rings is 1. The molecule has 0 fully saturated rings. The van der Waals surface area contributed by atoms with E-state index in [2.05, 4.69) is 4.98 Å². The van der Waals surface area contributed by atoms with E-state index in [1.54, 1.807) is 24.3 Å². The molecule has 20 heavy (non-hydrogen) atoms. The number of nitrogens with two attached hydrogens (primary N) is 3. The summed E-state index contributed by atoms with van der Waals surface area (Å²) in [5.41, 5.74) is 18.9. The summed E-state index contributed by atoms with van der Waals surface area (Å²) >= 11 is 0. The molecule has 0 spiro atoms. The summed E-state index contributed by atoms with van der Waals surface area (Å²) in [5, 5.41) is 0. The van der Waals surface area contributed by atoms with Crippen molar-refractivity contribution in [1.82, 2.24) is 4.98 Å². The lowest BCUT2D eigenvalue weighted by molar-refractivity contribution is 0.1000. The van der Waals surface area contributed by atoms with Crippen LogP contribution in [0.3, 0.4) is 0 Å². The summed E-state index contributed by atoms with van der Waals surface area (Å²) in [6.45, 7) is 3.66. The fourth-order valence-corrected chi connectivity index (χ4v) is 1.88. The second kappa shape index (κ2) is 5.08. The molecule has 0 atom stereocenters. The lowest BCUT2D eigenvalue weighted by Crippen LogP contribution is -2.11. The molecular formula is C14H16N4O2. The molecule has 0 saturated heterocycles. The fraction of sp³-hybridized carbons (Fsp3) is 0.143. The van der Waals surface area contributed by atoms with Gasteiger partial charge in [0.25, 0.3) is 0 Å². The topological polar surface area (TPSA) is 117 Å². The number of carbonyl (C=O) groups excluding carboxylic acids is 1. The average molecular weight is 272 g/mol. The van der Waals surface area contributed by atoms with Crippen LogP contribution in [-0.4, -0.2) is 10.9 Å². The van der Waals surface area contributed by atoms with Crippen LogP contribution in [0.4, 0.5) is 11.5 Å². The number of aromatic nitrogens is 1. The maximum Gasteiger partial charge on any atom is 0.248 e. The fourth-order valence-electron chi connectivity index (χ4n) is 1.88. The first-order chi connectivity index (χ1) is 9.38. The Bertz CT molecular complexity index is 660. The van der Waals surface area contributed by atoms with E-state index in [0.717, 1.165) is 11.1 Å². The number of amides is 1. The smallest absolute Gasteiger partial charge is 0.248 e. The molecule has 1 amide bonds. The second-order valence-electron chi connectivity index (χ2n) is 4.53. The van der Waals surface area contributed by atoms with Gasteiger partial charge in [0.2, 0.25) is 11.8 Å². The van der Waals surface area contributed by atoms with Crippen LogP contribution in [0.5, 0.6) is 11.6 Å². The number of hydrogen-bond donors (Lipinski definition) is 3. The molecule has 1 heterocycles. The van der Waals surface area contributed by atoms with Crippen LogP contribution in [0.25, 0.3) is 0 Å². The summed E-state index contributed by atoms with van der Waals surface area (Å²) in [6, 6.07) is 6.60. The SMILES string of the molecule is Cc1cc(C(N)=O)cc(C)c1Oc1ccc(N)c(N)n1. The molecule has 0 unspecified atom stereocenters. The van der Waals surface area contributed by atoms with Gasteiger partial charge in [-0.3, -0.25) is 4.79 Å². The minimum Gasteiger partial charge on any atom is -0.438 e. The van der Waals surface area contributed by atoms with Crippen molar-refractivity contribution < 1.29 is 9.53 Å². The van der Waals surface area contributed by atoms with E-state index < -0.39 is 5.91 Å². The van der Waals surface area contributed by atoms with E-state index in [4.69, 9.17) is 21.9 Å². The third-order valence-electron chi connectivity index (χ3n) is 2.88. The lowest BCUT2D eigenvalue weighted by Gasteiger charge is -2.13. The summed E-state index contributed by atoms with van der Waals surface area (Å²) in [4.78, 5) is 15.2. The van der Waals surface area contributed by atoms with E-state index in [-0.39, 0.29) is 5.82 Å². The molecule has 0 aliphatic carbocycles. The molecule has 2 rings (SSSR count). The van der Waals surface area contributed by atoms with Crippen LogP contribution in [0.15, 0.2) is 24.3 Å². The van der Waals surface area contributed by atoms with Gasteiger partial charge in [-0.25, -0.2) is 0 Å². The highest BCUT2D eigenvalue weighted by Crippen LogP contribution is 2.30. The quantitative estimate of drug-likeness (QED) is 0.786. The van der Waals surface area contributed by atoms with E-state index in [9.17, 15) is 4.79 Å². The van der Waals surface area contributed by atoms with Crippen molar-refractivity contribution in [2.75, 3.05) is 11.5 Å². The monoisotopic (exact) mass is 272 g/mol. The number of nitrogens with zero attached hydrogens (tertiary/aromatic N) is 1. The third-order valence-corrected chi connectivity index (χ3v) is 2.88. The molecule has 1 aromatic carbocycles. The zero-order valence-electron chi connectivity index (χ0n) is 11.3. The number of carbonyl (C=O) groups is 1. The van der Waals surface area contributed by atoms with Crippen molar-refractivity contribution in [3.8, 4) is 11.6 Å². The summed E-state index contributed by atoms with van der Waals surface area (Å²) in [7, 11) is 0. The van der Waals surface area contributed by atoms with Crippen LogP contribution >= 0.6 is 0 Å². The van der Waals surface area contributed by atoms with E-state index >= 15 is 0 Å². The normalized spacial score (nSPS) is 10.3. The number of nitrogen functional groups attached to an aromatic ring is 2. The third kappa shape index (κ3) is 2.64. The Morgan fingerprint density at radius 3 is 2.25 bits per heavy atom. The van der Waals surface area contributed by atoms with Crippen molar-refractivity contribution in [3.05, 3.63) is 41.0 Å². The molecule has 1 aromatic heterocycles. The largest absolute Gasteiger partial charge is 0.438 e. The van der Waals surface area contributed by atoms with Gasteiger partial charge in [0, 0.05) is 11.6 Å². The lowest BCUT2D eigenvalue weighted by atomic mass is 10.1. The highest BCUT2D eigenvalue weighted by atomic mass is 16.5. The van der Waals surface area contributed by atoms with Gasteiger partial charge in [-0.05, 0) is 43.2 Å². The average Bonchev–Trinajstić information content (AvgIpc) is 2.37. The minimum atomic E-state index is -0.474. The molecule has 0 saturated carbocycles. The van der Waals surface area contributed by atoms with Crippen molar-refractivity contribution in [3.63, 3.8) is 0 Å². The Balaban J connectivity index is 2.38. The predicted molar refractivity (Wildman–Crippen MR) is 77.6 cm³/mol. The Kier molecular flexibility index (Phi) is 3.47. The van der Waals surface area contributed by atoms with E-state index in [1.165, 1.54) is 0 Å². The minimum absolute atomic E-state index is 0.214. The standard InChI is InChI=1S/C14H16N4O2/c1-7-5-9(14(17)19)6-8(2)12(7)20-11-4-3-10(15)13(16)18-11/h3-6H,15H2,1-2H3,(H2,16,18)(H2,17,19). The molecule has 0 aliphatic rings. The van der Waals surface area contributed by atoms with Gasteiger partial charge in [-0.2, -0.15) is 4.98 Å². The Morgan fingerprint density at radius 2 is 1.75 bits per heavy atom. The number of pyridine rings is 1. The maximum absolute atomic E-state index is 11.2. The molecule has 0 aliphatic heterocycles. The van der Waals surface area contributed by atoms with Gasteiger partial charge < -0.3 is 21.9 Å². The Hall–Kier alpha value is -2.76. The van der Waals surface area contributed by atoms with Crippen LogP contribution in [0.1, 0.15) is 21.5 Å². The van der Waals surface area contributed by atoms with Crippen LogP contribution in [0.2, 0.25) is 0 Å². The van der Waals surface area contributed by atoms with Crippen LogP contribution in [-0.2, 0) is 0 Å². The summed E-state index contributed by atoms with van der Waals surface area (Å²) in [5.74, 6) is 0.700. The predicted octanol–water partition coefficient (Wildman–Crippen LogP) is 1.75. The van der Waals surface area contributed by atoms with E-state index in [1.807, 2.05) is 13.8 Å². The highest BCUT2D eigenvalue weighted by molar-refractivity contribution is 5.93. The molecule has 6 nitrogen and oxygen atoms in total. The van der Waals surface area contributed by atoms with E-state index in [0.29, 0.717) is 22.9 Å². The number of anilines is 2. The summed E-state index contributed by atoms with van der Waals surface area (Å²) < 4.78 is 5.71. The number of rotatable bonds is 3. The second-order valence-corrected chi connectivity index (χ2v) is 4.53. The van der Waals surface area contributed by atoms with Gasteiger partial charge in [-0.15, -0.1) is 0 Å². The number of primary amides is 1. The van der Waals surface area contributed by atoms with Gasteiger partial charge in [-0.1, -0.05) is 0 Å². The molecular weight excluding hydrogens is 256 g/mol. The number of aryl methyl sites for hydroxylation is 2. The van der Waals surface area contributed by atoms with Crippen LogP contribution in [0, 0.1) is 13.8 Å². The summed E-state index contributed by atoms with van der Waals surface area (Å²) in [6.07, 6.45) is 0. The highest BCUT2D eigenvalue weighted by Gasteiger charge is 2.11.